The number of fused-ring (bicyclic) bond motifs is 2. The average Bonchev–Trinajstić information content (AvgIpc) is 2.61. The van der Waals surface area contributed by atoms with Crippen LogP contribution in [0.1, 0.15) is 31.9 Å². The molecule has 1 aliphatic carbocycles. The molecule has 1 fully saturated rings. The number of amides is 1. The van der Waals surface area contributed by atoms with Gasteiger partial charge in [0.15, 0.2) is 0 Å². The summed E-state index contributed by atoms with van der Waals surface area (Å²) in [5.41, 5.74) is 1.47. The zero-order chi connectivity index (χ0) is 12.0. The predicted molar refractivity (Wildman–Crippen MR) is 67.0 cm³/mol. The molecule has 2 aliphatic rings. The van der Waals surface area contributed by atoms with Crippen LogP contribution in [-0.4, -0.2) is 16.9 Å². The molecule has 1 aliphatic heterocycles. The first kappa shape index (κ1) is 10.6. The van der Waals surface area contributed by atoms with Crippen LogP contribution in [0.15, 0.2) is 12.1 Å². The Bertz CT molecular complexity index is 486. The normalized spacial score (nSPS) is 30.9. The molecule has 0 radical (unpaired) electrons. The molecule has 3 rings (SSSR count). The van der Waals surface area contributed by atoms with E-state index in [9.17, 15) is 4.79 Å². The second kappa shape index (κ2) is 3.45. The molecular formula is C13H17N3O. The summed E-state index contributed by atoms with van der Waals surface area (Å²) in [6.45, 7) is 4.01. The number of rotatable bonds is 0. The molecule has 4 nitrogen and oxygen atoms in total. The molecule has 1 amide bonds. The number of carbonyl (C=O) groups excluding carboxylic acids is 1. The van der Waals surface area contributed by atoms with Crippen molar-refractivity contribution in [2.75, 3.05) is 10.6 Å². The van der Waals surface area contributed by atoms with Crippen molar-refractivity contribution in [3.8, 4) is 0 Å². The topological polar surface area (TPSA) is 54.0 Å². The summed E-state index contributed by atoms with van der Waals surface area (Å²) in [4.78, 5) is 16.8. The molecule has 1 aromatic heterocycles. The monoisotopic (exact) mass is 231 g/mol. The number of pyridine rings is 1. The van der Waals surface area contributed by atoms with Crippen molar-refractivity contribution < 1.29 is 4.79 Å². The van der Waals surface area contributed by atoms with Crippen LogP contribution < -0.4 is 10.6 Å². The molecule has 4 heteroatoms. The van der Waals surface area contributed by atoms with E-state index >= 15 is 0 Å². The van der Waals surface area contributed by atoms with Crippen LogP contribution in [0.3, 0.4) is 0 Å². The highest BCUT2D eigenvalue weighted by atomic mass is 16.2. The van der Waals surface area contributed by atoms with Gasteiger partial charge in [0.1, 0.15) is 5.82 Å². The Morgan fingerprint density at radius 3 is 3.12 bits per heavy atom. The smallest absolute Gasteiger partial charge is 0.232 e. The molecule has 1 saturated carbocycles. The Kier molecular flexibility index (Phi) is 2.15. The van der Waals surface area contributed by atoms with E-state index in [-0.39, 0.29) is 17.4 Å². The van der Waals surface area contributed by atoms with Gasteiger partial charge in [-0.2, -0.15) is 0 Å². The minimum absolute atomic E-state index is 0.122. The lowest BCUT2D eigenvalue weighted by atomic mass is 9.84. The number of hydrogen-bond acceptors (Lipinski definition) is 3. The quantitative estimate of drug-likeness (QED) is 0.720. The fraction of sp³-hybridized carbons (Fsp3) is 0.538. The Hall–Kier alpha value is -1.58. The average molecular weight is 231 g/mol. The van der Waals surface area contributed by atoms with Crippen LogP contribution in [0.4, 0.5) is 11.5 Å². The minimum Gasteiger partial charge on any atom is -0.365 e. The van der Waals surface area contributed by atoms with E-state index in [0.29, 0.717) is 0 Å². The Morgan fingerprint density at radius 1 is 1.47 bits per heavy atom. The maximum atomic E-state index is 12.3. The van der Waals surface area contributed by atoms with Crippen LogP contribution >= 0.6 is 0 Å². The maximum Gasteiger partial charge on any atom is 0.232 e. The number of hydrogen-bond donors (Lipinski definition) is 2. The van der Waals surface area contributed by atoms with Crippen molar-refractivity contribution in [2.45, 2.75) is 39.2 Å². The predicted octanol–water partition coefficient (Wildman–Crippen LogP) is 2.31. The van der Waals surface area contributed by atoms with Crippen LogP contribution in [-0.2, 0) is 4.79 Å². The number of aromatic nitrogens is 1. The van der Waals surface area contributed by atoms with Gasteiger partial charge in [0.2, 0.25) is 5.91 Å². The fourth-order valence-corrected chi connectivity index (χ4v) is 2.87. The molecule has 0 spiro atoms. The van der Waals surface area contributed by atoms with Crippen molar-refractivity contribution >= 4 is 17.4 Å². The van der Waals surface area contributed by atoms with E-state index in [2.05, 4.69) is 15.6 Å². The zero-order valence-electron chi connectivity index (χ0n) is 10.2. The molecule has 2 atom stereocenters. The van der Waals surface area contributed by atoms with E-state index in [0.717, 1.165) is 36.5 Å². The number of nitrogens with one attached hydrogen (secondary N) is 2. The molecule has 2 N–H and O–H groups in total. The number of aryl methyl sites for hydroxylation is 1. The van der Waals surface area contributed by atoms with Gasteiger partial charge in [0, 0.05) is 11.7 Å². The SMILES string of the molecule is Cc1ccc2c(n1)NC1CCCC1(C)C(=O)N2. The summed E-state index contributed by atoms with van der Waals surface area (Å²) < 4.78 is 0. The summed E-state index contributed by atoms with van der Waals surface area (Å²) in [5.74, 6) is 0.936. The van der Waals surface area contributed by atoms with Crippen molar-refractivity contribution in [1.29, 1.82) is 0 Å². The summed E-state index contributed by atoms with van der Waals surface area (Å²) in [7, 11) is 0. The Labute approximate surface area is 101 Å². The Morgan fingerprint density at radius 2 is 2.29 bits per heavy atom. The number of anilines is 2. The molecule has 90 valence electrons. The van der Waals surface area contributed by atoms with Crippen molar-refractivity contribution in [1.82, 2.24) is 4.98 Å². The third kappa shape index (κ3) is 1.51. The lowest BCUT2D eigenvalue weighted by Gasteiger charge is -2.27. The molecule has 0 aromatic carbocycles. The molecule has 2 heterocycles. The van der Waals surface area contributed by atoms with Gasteiger partial charge in [0.25, 0.3) is 0 Å². The van der Waals surface area contributed by atoms with Crippen molar-refractivity contribution in [3.05, 3.63) is 17.8 Å². The van der Waals surface area contributed by atoms with Crippen LogP contribution in [0, 0.1) is 12.3 Å². The number of nitrogens with zero attached hydrogens (tertiary/aromatic N) is 1. The number of carbonyl (C=O) groups is 1. The Balaban J connectivity index is 2.06. The molecule has 17 heavy (non-hydrogen) atoms. The molecule has 0 saturated heterocycles. The van der Waals surface area contributed by atoms with Gasteiger partial charge < -0.3 is 10.6 Å². The fourth-order valence-electron chi connectivity index (χ4n) is 2.87. The maximum absolute atomic E-state index is 12.3. The third-order valence-electron chi connectivity index (χ3n) is 4.07. The van der Waals surface area contributed by atoms with Gasteiger partial charge in [-0.05, 0) is 38.8 Å². The second-order valence-corrected chi connectivity index (χ2v) is 5.31. The standard InChI is InChI=1S/C13H17N3O/c1-8-5-6-9-11(14-8)16-10-4-3-7-13(10,2)12(17)15-9/h5-6,10H,3-4,7H2,1-2H3,(H,14,16)(H,15,17). The molecule has 1 aromatic rings. The lowest BCUT2D eigenvalue weighted by molar-refractivity contribution is -0.124. The van der Waals surface area contributed by atoms with Gasteiger partial charge in [-0.15, -0.1) is 0 Å². The summed E-state index contributed by atoms with van der Waals surface area (Å²) in [6, 6.07) is 4.05. The van der Waals surface area contributed by atoms with E-state index < -0.39 is 0 Å². The first-order valence-corrected chi connectivity index (χ1v) is 6.15. The van der Waals surface area contributed by atoms with Gasteiger partial charge in [-0.3, -0.25) is 4.79 Å². The lowest BCUT2D eigenvalue weighted by Crippen LogP contribution is -2.41. The first-order valence-electron chi connectivity index (χ1n) is 6.15. The van der Waals surface area contributed by atoms with Gasteiger partial charge in [0.05, 0.1) is 11.1 Å². The highest BCUT2D eigenvalue weighted by molar-refractivity contribution is 5.99. The van der Waals surface area contributed by atoms with Crippen LogP contribution in [0.2, 0.25) is 0 Å². The second-order valence-electron chi connectivity index (χ2n) is 5.31. The van der Waals surface area contributed by atoms with Gasteiger partial charge in [-0.1, -0.05) is 6.42 Å². The summed E-state index contributed by atoms with van der Waals surface area (Å²) >= 11 is 0. The van der Waals surface area contributed by atoms with Crippen LogP contribution in [0.25, 0.3) is 0 Å². The van der Waals surface area contributed by atoms with Gasteiger partial charge in [-0.25, -0.2) is 4.98 Å². The van der Waals surface area contributed by atoms with Crippen molar-refractivity contribution in [3.63, 3.8) is 0 Å². The molecule has 0 bridgehead atoms. The van der Waals surface area contributed by atoms with Crippen molar-refractivity contribution in [2.24, 2.45) is 5.41 Å². The third-order valence-corrected chi connectivity index (χ3v) is 4.07. The van der Waals surface area contributed by atoms with E-state index in [1.807, 2.05) is 26.0 Å². The highest BCUT2D eigenvalue weighted by Crippen LogP contribution is 2.43. The van der Waals surface area contributed by atoms with Crippen LogP contribution in [0.5, 0.6) is 0 Å². The molecular weight excluding hydrogens is 214 g/mol. The molecule has 2 unspecified atom stereocenters. The summed E-state index contributed by atoms with van der Waals surface area (Å²) in [5, 5.41) is 6.44. The van der Waals surface area contributed by atoms with Gasteiger partial charge >= 0.3 is 0 Å². The van der Waals surface area contributed by atoms with E-state index in [1.54, 1.807) is 0 Å². The zero-order valence-corrected chi connectivity index (χ0v) is 10.2. The highest BCUT2D eigenvalue weighted by Gasteiger charge is 2.47. The summed E-state index contributed by atoms with van der Waals surface area (Å²) in [6.07, 6.45) is 3.09. The van der Waals surface area contributed by atoms with E-state index in [4.69, 9.17) is 0 Å². The minimum atomic E-state index is -0.297. The largest absolute Gasteiger partial charge is 0.365 e. The van der Waals surface area contributed by atoms with E-state index in [1.165, 1.54) is 0 Å². The first-order chi connectivity index (χ1) is 8.09.